The minimum absolute atomic E-state index is 0.0868. The van der Waals surface area contributed by atoms with Gasteiger partial charge in [0.05, 0.1) is 26.5 Å². The molecule has 1 amide bonds. The average Bonchev–Trinajstić information content (AvgIpc) is 2.61. The van der Waals surface area contributed by atoms with Crippen molar-refractivity contribution in [1.29, 1.82) is 0 Å². The van der Waals surface area contributed by atoms with E-state index in [1.54, 1.807) is 56.7 Å². The molecule has 1 N–H and O–H groups in total. The van der Waals surface area contributed by atoms with Crippen LogP contribution in [0.1, 0.15) is 29.8 Å². The Hall–Kier alpha value is -3.02. The largest absolute Gasteiger partial charge is 0.497 e. The van der Waals surface area contributed by atoms with E-state index in [2.05, 4.69) is 10.5 Å². The van der Waals surface area contributed by atoms with E-state index < -0.39 is 0 Å². The van der Waals surface area contributed by atoms with Crippen LogP contribution in [0.3, 0.4) is 0 Å². The minimum atomic E-state index is -0.306. The lowest BCUT2D eigenvalue weighted by Crippen LogP contribution is -2.17. The lowest BCUT2D eigenvalue weighted by atomic mass is 10.2. The first-order valence-electron chi connectivity index (χ1n) is 7.85. The van der Waals surface area contributed by atoms with Gasteiger partial charge in [-0.25, -0.2) is 5.43 Å². The van der Waals surface area contributed by atoms with Crippen molar-refractivity contribution in [3.8, 4) is 17.2 Å². The second-order valence-corrected chi connectivity index (χ2v) is 5.50. The molecule has 0 radical (unpaired) electrons. The number of ether oxygens (including phenoxy) is 3. The Kier molecular flexibility index (Phi) is 6.39. The number of nitrogens with zero attached hydrogens (tertiary/aromatic N) is 1. The van der Waals surface area contributed by atoms with Crippen molar-refractivity contribution in [1.82, 2.24) is 5.43 Å². The Labute approximate surface area is 147 Å². The fourth-order valence-electron chi connectivity index (χ4n) is 2.11. The molecule has 0 unspecified atom stereocenters. The highest BCUT2D eigenvalue weighted by molar-refractivity contribution is 5.95. The molecule has 0 atom stereocenters. The zero-order valence-electron chi connectivity index (χ0n) is 14.8. The van der Waals surface area contributed by atoms with Crippen molar-refractivity contribution in [3.63, 3.8) is 0 Å². The van der Waals surface area contributed by atoms with Gasteiger partial charge >= 0.3 is 0 Å². The van der Waals surface area contributed by atoms with Crippen molar-refractivity contribution >= 4 is 12.1 Å². The third-order valence-electron chi connectivity index (χ3n) is 3.30. The van der Waals surface area contributed by atoms with Crippen molar-refractivity contribution < 1.29 is 19.0 Å². The van der Waals surface area contributed by atoms with E-state index in [0.717, 1.165) is 11.3 Å². The molecule has 0 heterocycles. The molecule has 0 aliphatic rings. The van der Waals surface area contributed by atoms with E-state index in [4.69, 9.17) is 14.2 Å². The molecular formula is C19H22N2O4. The molecule has 25 heavy (non-hydrogen) atoms. The van der Waals surface area contributed by atoms with Gasteiger partial charge in [0.15, 0.2) is 0 Å². The Morgan fingerprint density at radius 2 is 1.72 bits per heavy atom. The summed E-state index contributed by atoms with van der Waals surface area (Å²) in [5, 5.41) is 3.98. The molecule has 0 saturated heterocycles. The van der Waals surface area contributed by atoms with Crippen LogP contribution in [-0.4, -0.2) is 32.4 Å². The molecule has 2 rings (SSSR count). The number of methoxy groups -OCH3 is 2. The zero-order chi connectivity index (χ0) is 18.2. The lowest BCUT2D eigenvalue weighted by Gasteiger charge is -2.09. The van der Waals surface area contributed by atoms with Crippen LogP contribution in [-0.2, 0) is 0 Å². The number of rotatable bonds is 7. The number of amides is 1. The van der Waals surface area contributed by atoms with Crippen LogP contribution in [0.4, 0.5) is 0 Å². The number of carbonyl (C=O) groups excluding carboxylic acids is 1. The highest BCUT2D eigenvalue weighted by Crippen LogP contribution is 2.23. The number of nitrogens with one attached hydrogen (secondary N) is 1. The fraction of sp³-hybridized carbons (Fsp3) is 0.263. The fourth-order valence-corrected chi connectivity index (χ4v) is 2.11. The molecular weight excluding hydrogens is 320 g/mol. The molecule has 132 valence electrons. The van der Waals surface area contributed by atoms with Gasteiger partial charge in [-0.3, -0.25) is 4.79 Å². The Bertz CT molecular complexity index is 740. The molecule has 0 fully saturated rings. The van der Waals surface area contributed by atoms with Gasteiger partial charge in [0.1, 0.15) is 17.2 Å². The predicted octanol–water partition coefficient (Wildman–Crippen LogP) is 3.25. The highest BCUT2D eigenvalue weighted by atomic mass is 16.5. The van der Waals surface area contributed by atoms with Gasteiger partial charge in [-0.1, -0.05) is 0 Å². The molecule has 0 spiro atoms. The van der Waals surface area contributed by atoms with Crippen LogP contribution in [0.2, 0.25) is 0 Å². The summed E-state index contributed by atoms with van der Waals surface area (Å²) >= 11 is 0. The molecule has 0 bridgehead atoms. The summed E-state index contributed by atoms with van der Waals surface area (Å²) in [7, 11) is 3.14. The molecule has 6 heteroatoms. The minimum Gasteiger partial charge on any atom is -0.497 e. The highest BCUT2D eigenvalue weighted by Gasteiger charge is 2.06. The van der Waals surface area contributed by atoms with Gasteiger partial charge in [0, 0.05) is 17.2 Å². The van der Waals surface area contributed by atoms with Crippen LogP contribution in [0, 0.1) is 0 Å². The van der Waals surface area contributed by atoms with Crippen molar-refractivity contribution in [3.05, 3.63) is 53.6 Å². The van der Waals surface area contributed by atoms with E-state index in [1.807, 2.05) is 13.8 Å². The maximum absolute atomic E-state index is 12.1. The second kappa shape index (κ2) is 8.73. The van der Waals surface area contributed by atoms with E-state index in [1.165, 1.54) is 6.21 Å². The van der Waals surface area contributed by atoms with Gasteiger partial charge in [-0.05, 0) is 50.2 Å². The predicted molar refractivity (Wildman–Crippen MR) is 96.8 cm³/mol. The first-order chi connectivity index (χ1) is 12.0. The Morgan fingerprint density at radius 3 is 2.32 bits per heavy atom. The standard InChI is InChI=1S/C19H22N2O4/c1-13(2)25-16-8-5-14(6-9-16)19(22)21-20-12-15-7-10-17(23-3)11-18(15)24-4/h5-13H,1-4H3,(H,21,22)/b20-12-. The van der Waals surface area contributed by atoms with Crippen molar-refractivity contribution in [2.45, 2.75) is 20.0 Å². The van der Waals surface area contributed by atoms with Gasteiger partial charge in [0.25, 0.3) is 5.91 Å². The van der Waals surface area contributed by atoms with Crippen LogP contribution >= 0.6 is 0 Å². The first kappa shape index (κ1) is 18.3. The van der Waals surface area contributed by atoms with Crippen molar-refractivity contribution in [2.24, 2.45) is 5.10 Å². The molecule has 2 aromatic rings. The molecule has 0 aromatic heterocycles. The summed E-state index contributed by atoms with van der Waals surface area (Å²) in [6, 6.07) is 12.2. The third-order valence-corrected chi connectivity index (χ3v) is 3.30. The summed E-state index contributed by atoms with van der Waals surface area (Å²) in [5.41, 5.74) is 3.71. The van der Waals surface area contributed by atoms with Gasteiger partial charge < -0.3 is 14.2 Å². The second-order valence-electron chi connectivity index (χ2n) is 5.50. The van der Waals surface area contributed by atoms with E-state index in [-0.39, 0.29) is 12.0 Å². The van der Waals surface area contributed by atoms with Crippen LogP contribution in [0.25, 0.3) is 0 Å². The quantitative estimate of drug-likeness (QED) is 0.619. The number of benzene rings is 2. The van der Waals surface area contributed by atoms with Crippen LogP contribution < -0.4 is 19.6 Å². The van der Waals surface area contributed by atoms with Crippen molar-refractivity contribution in [2.75, 3.05) is 14.2 Å². The third kappa shape index (κ3) is 5.24. The summed E-state index contributed by atoms with van der Waals surface area (Å²) in [6.45, 7) is 3.89. The topological polar surface area (TPSA) is 69.2 Å². The summed E-state index contributed by atoms with van der Waals surface area (Å²) in [4.78, 5) is 12.1. The number of hydrazone groups is 1. The molecule has 6 nitrogen and oxygen atoms in total. The Balaban J connectivity index is 2.00. The summed E-state index contributed by atoms with van der Waals surface area (Å²) < 4.78 is 16.0. The maximum Gasteiger partial charge on any atom is 0.271 e. The van der Waals surface area contributed by atoms with E-state index in [9.17, 15) is 4.79 Å². The van der Waals surface area contributed by atoms with Gasteiger partial charge in [0.2, 0.25) is 0 Å². The lowest BCUT2D eigenvalue weighted by molar-refractivity contribution is 0.0955. The number of hydrogen-bond acceptors (Lipinski definition) is 5. The molecule has 0 aliphatic heterocycles. The number of carbonyl (C=O) groups is 1. The van der Waals surface area contributed by atoms with E-state index in [0.29, 0.717) is 17.1 Å². The summed E-state index contributed by atoms with van der Waals surface area (Å²) in [6.07, 6.45) is 1.61. The van der Waals surface area contributed by atoms with E-state index >= 15 is 0 Å². The monoisotopic (exact) mass is 342 g/mol. The first-order valence-corrected chi connectivity index (χ1v) is 7.85. The molecule has 2 aromatic carbocycles. The molecule has 0 aliphatic carbocycles. The van der Waals surface area contributed by atoms with Crippen LogP contribution in [0.15, 0.2) is 47.6 Å². The zero-order valence-corrected chi connectivity index (χ0v) is 14.8. The SMILES string of the molecule is COc1ccc(/C=N\NC(=O)c2ccc(OC(C)C)cc2)c(OC)c1. The maximum atomic E-state index is 12.1. The smallest absolute Gasteiger partial charge is 0.271 e. The van der Waals surface area contributed by atoms with Gasteiger partial charge in [-0.15, -0.1) is 0 Å². The average molecular weight is 342 g/mol. The Morgan fingerprint density at radius 1 is 1.04 bits per heavy atom. The summed E-state index contributed by atoms with van der Waals surface area (Å²) in [5.74, 6) is 1.70. The van der Waals surface area contributed by atoms with Gasteiger partial charge in [-0.2, -0.15) is 5.10 Å². The number of hydrogen-bond donors (Lipinski definition) is 1. The molecule has 0 saturated carbocycles. The van der Waals surface area contributed by atoms with Crippen LogP contribution in [0.5, 0.6) is 17.2 Å². The normalized spacial score (nSPS) is 10.8.